The first-order valence-corrected chi connectivity index (χ1v) is 8.33. The van der Waals surface area contributed by atoms with Gasteiger partial charge >= 0.3 is 5.97 Å². The number of hydrogen-bond acceptors (Lipinski definition) is 4. The average Bonchev–Trinajstić information content (AvgIpc) is 2.45. The van der Waals surface area contributed by atoms with Crippen LogP contribution in [0.2, 0.25) is 0 Å². The van der Waals surface area contributed by atoms with Crippen molar-refractivity contribution in [2.24, 2.45) is 5.92 Å². The second-order valence-electron chi connectivity index (χ2n) is 4.85. The van der Waals surface area contributed by atoms with Crippen molar-refractivity contribution in [1.82, 2.24) is 4.72 Å². The fraction of sp³-hybridized carbons (Fsp3) is 0.500. The van der Waals surface area contributed by atoms with Gasteiger partial charge in [0, 0.05) is 13.2 Å². The molecule has 0 aliphatic rings. The highest BCUT2D eigenvalue weighted by Crippen LogP contribution is 2.14. The van der Waals surface area contributed by atoms with Gasteiger partial charge in [0.2, 0.25) is 10.0 Å². The lowest BCUT2D eigenvalue weighted by atomic mass is 10.0. The SMILES string of the molecule is CCCC(CCO)CNS(=O)(=O)c1ccc(C(=O)O)cc1. The number of aliphatic hydroxyl groups excluding tert-OH is 1. The highest BCUT2D eigenvalue weighted by molar-refractivity contribution is 7.89. The van der Waals surface area contributed by atoms with Crippen LogP contribution in [0.25, 0.3) is 0 Å². The standard InChI is InChI=1S/C14H21NO5S/c1-2-3-11(8-9-16)10-15-21(19,20)13-6-4-12(5-7-13)14(17)18/h4-7,11,15-16H,2-3,8-10H2,1H3,(H,17,18). The largest absolute Gasteiger partial charge is 0.478 e. The number of hydrogen-bond donors (Lipinski definition) is 3. The zero-order valence-electron chi connectivity index (χ0n) is 11.9. The van der Waals surface area contributed by atoms with Crippen LogP contribution in [0.3, 0.4) is 0 Å². The molecule has 0 spiro atoms. The fourth-order valence-electron chi connectivity index (χ4n) is 2.03. The maximum Gasteiger partial charge on any atom is 0.335 e. The van der Waals surface area contributed by atoms with Crippen LogP contribution in [0.15, 0.2) is 29.2 Å². The van der Waals surface area contributed by atoms with Gasteiger partial charge in [-0.3, -0.25) is 0 Å². The Labute approximate surface area is 124 Å². The molecule has 1 aromatic carbocycles. The lowest BCUT2D eigenvalue weighted by Gasteiger charge is -2.15. The van der Waals surface area contributed by atoms with E-state index in [0.29, 0.717) is 6.42 Å². The lowest BCUT2D eigenvalue weighted by Crippen LogP contribution is -2.30. The molecule has 0 aromatic heterocycles. The van der Waals surface area contributed by atoms with Crippen molar-refractivity contribution in [3.8, 4) is 0 Å². The van der Waals surface area contributed by atoms with Gasteiger partial charge in [-0.05, 0) is 43.0 Å². The second-order valence-corrected chi connectivity index (χ2v) is 6.62. The summed E-state index contributed by atoms with van der Waals surface area (Å²) in [6.45, 7) is 2.29. The molecule has 0 aliphatic heterocycles. The molecule has 0 amide bonds. The third kappa shape index (κ3) is 5.45. The van der Waals surface area contributed by atoms with Gasteiger partial charge < -0.3 is 10.2 Å². The van der Waals surface area contributed by atoms with Gasteiger partial charge in [-0.15, -0.1) is 0 Å². The van der Waals surface area contributed by atoms with Crippen molar-refractivity contribution in [3.05, 3.63) is 29.8 Å². The zero-order valence-corrected chi connectivity index (χ0v) is 12.8. The Morgan fingerprint density at radius 1 is 1.24 bits per heavy atom. The van der Waals surface area contributed by atoms with Crippen LogP contribution in [-0.2, 0) is 10.0 Å². The van der Waals surface area contributed by atoms with Crippen molar-refractivity contribution in [3.63, 3.8) is 0 Å². The Balaban J connectivity index is 2.74. The van der Waals surface area contributed by atoms with E-state index < -0.39 is 16.0 Å². The summed E-state index contributed by atoms with van der Waals surface area (Å²) in [5.41, 5.74) is 0.0399. The molecule has 0 heterocycles. The normalized spacial score (nSPS) is 13.0. The molecule has 0 fully saturated rings. The number of carboxylic acid groups (broad SMARTS) is 1. The molecular formula is C14H21NO5S. The smallest absolute Gasteiger partial charge is 0.335 e. The van der Waals surface area contributed by atoms with Gasteiger partial charge in [0.05, 0.1) is 10.5 Å². The summed E-state index contributed by atoms with van der Waals surface area (Å²) in [5.74, 6) is -1.01. The van der Waals surface area contributed by atoms with Crippen LogP contribution in [-0.4, -0.2) is 37.8 Å². The third-order valence-electron chi connectivity index (χ3n) is 3.21. The monoisotopic (exact) mass is 315 g/mol. The van der Waals surface area contributed by atoms with E-state index in [1.807, 2.05) is 6.92 Å². The van der Waals surface area contributed by atoms with E-state index >= 15 is 0 Å². The molecule has 0 saturated carbocycles. The molecular weight excluding hydrogens is 294 g/mol. The topological polar surface area (TPSA) is 104 Å². The van der Waals surface area contributed by atoms with Crippen LogP contribution in [0.4, 0.5) is 0 Å². The van der Waals surface area contributed by atoms with E-state index in [1.54, 1.807) is 0 Å². The zero-order chi connectivity index (χ0) is 15.9. The molecule has 6 nitrogen and oxygen atoms in total. The fourth-order valence-corrected chi connectivity index (χ4v) is 3.14. The molecule has 1 aromatic rings. The summed E-state index contributed by atoms with van der Waals surface area (Å²) >= 11 is 0. The van der Waals surface area contributed by atoms with E-state index in [9.17, 15) is 13.2 Å². The summed E-state index contributed by atoms with van der Waals surface area (Å²) in [5, 5.41) is 17.7. The number of benzene rings is 1. The lowest BCUT2D eigenvalue weighted by molar-refractivity contribution is 0.0696. The van der Waals surface area contributed by atoms with E-state index in [-0.39, 0.29) is 29.5 Å². The number of aliphatic hydroxyl groups is 1. The van der Waals surface area contributed by atoms with Crippen molar-refractivity contribution >= 4 is 16.0 Å². The molecule has 1 rings (SSSR count). The predicted octanol–water partition coefficient (Wildman–Crippen LogP) is 1.46. The summed E-state index contributed by atoms with van der Waals surface area (Å²) in [6, 6.07) is 5.06. The van der Waals surface area contributed by atoms with Gasteiger partial charge in [-0.25, -0.2) is 17.9 Å². The number of carbonyl (C=O) groups is 1. The molecule has 0 bridgehead atoms. The van der Waals surface area contributed by atoms with Crippen molar-refractivity contribution in [1.29, 1.82) is 0 Å². The molecule has 118 valence electrons. The Morgan fingerprint density at radius 3 is 2.33 bits per heavy atom. The summed E-state index contributed by atoms with van der Waals surface area (Å²) < 4.78 is 26.7. The quantitative estimate of drug-likeness (QED) is 0.640. The van der Waals surface area contributed by atoms with Crippen LogP contribution in [0.1, 0.15) is 36.5 Å². The number of sulfonamides is 1. The number of rotatable bonds is 9. The van der Waals surface area contributed by atoms with E-state index in [4.69, 9.17) is 10.2 Å². The molecule has 0 aliphatic carbocycles. The Kier molecular flexibility index (Phi) is 6.80. The minimum atomic E-state index is -3.66. The molecule has 1 atom stereocenters. The Bertz CT molecular complexity index is 547. The maximum atomic E-state index is 12.1. The van der Waals surface area contributed by atoms with Gasteiger partial charge in [0.1, 0.15) is 0 Å². The van der Waals surface area contributed by atoms with Gasteiger partial charge in [0.25, 0.3) is 0 Å². The summed E-state index contributed by atoms with van der Waals surface area (Å²) in [6.07, 6.45) is 2.30. The first-order chi connectivity index (χ1) is 9.90. The van der Waals surface area contributed by atoms with Crippen molar-refractivity contribution in [2.45, 2.75) is 31.1 Å². The molecule has 0 radical (unpaired) electrons. The van der Waals surface area contributed by atoms with Gasteiger partial charge in [-0.1, -0.05) is 13.3 Å². The second kappa shape index (κ2) is 8.11. The number of nitrogens with one attached hydrogen (secondary N) is 1. The highest BCUT2D eigenvalue weighted by Gasteiger charge is 2.17. The Morgan fingerprint density at radius 2 is 1.86 bits per heavy atom. The van der Waals surface area contributed by atoms with Crippen LogP contribution >= 0.6 is 0 Å². The first-order valence-electron chi connectivity index (χ1n) is 6.84. The first kappa shape index (κ1) is 17.6. The predicted molar refractivity (Wildman–Crippen MR) is 78.7 cm³/mol. The average molecular weight is 315 g/mol. The van der Waals surface area contributed by atoms with Gasteiger partial charge in [0.15, 0.2) is 0 Å². The Hall–Kier alpha value is -1.44. The summed E-state index contributed by atoms with van der Waals surface area (Å²) in [7, 11) is -3.66. The maximum absolute atomic E-state index is 12.1. The molecule has 0 saturated heterocycles. The van der Waals surface area contributed by atoms with Crippen molar-refractivity contribution in [2.75, 3.05) is 13.2 Å². The van der Waals surface area contributed by atoms with Crippen LogP contribution in [0, 0.1) is 5.92 Å². The van der Waals surface area contributed by atoms with Crippen molar-refractivity contribution < 1.29 is 23.4 Å². The molecule has 7 heteroatoms. The van der Waals surface area contributed by atoms with E-state index in [2.05, 4.69) is 4.72 Å². The highest BCUT2D eigenvalue weighted by atomic mass is 32.2. The van der Waals surface area contributed by atoms with Gasteiger partial charge in [-0.2, -0.15) is 0 Å². The minimum Gasteiger partial charge on any atom is -0.478 e. The molecule has 3 N–H and O–H groups in total. The minimum absolute atomic E-state index is 0.0275. The van der Waals surface area contributed by atoms with Crippen LogP contribution < -0.4 is 4.72 Å². The molecule has 21 heavy (non-hydrogen) atoms. The number of carboxylic acids is 1. The van der Waals surface area contributed by atoms with Crippen LogP contribution in [0.5, 0.6) is 0 Å². The number of aromatic carboxylic acids is 1. The molecule has 1 unspecified atom stereocenters. The third-order valence-corrected chi connectivity index (χ3v) is 4.65. The summed E-state index contributed by atoms with van der Waals surface area (Å²) in [4.78, 5) is 10.8. The van der Waals surface area contributed by atoms with E-state index in [0.717, 1.165) is 12.8 Å². The van der Waals surface area contributed by atoms with E-state index in [1.165, 1.54) is 24.3 Å².